The zero-order valence-electron chi connectivity index (χ0n) is 18.4. The third kappa shape index (κ3) is 2.92. The van der Waals surface area contributed by atoms with Gasteiger partial charge in [0.05, 0.1) is 11.0 Å². The van der Waals surface area contributed by atoms with Crippen molar-refractivity contribution in [1.29, 1.82) is 0 Å². The number of benzene rings is 1. The van der Waals surface area contributed by atoms with E-state index in [4.69, 9.17) is 14.2 Å². The Bertz CT molecular complexity index is 1120. The molecule has 0 spiro atoms. The molecule has 1 N–H and O–H groups in total. The average Bonchev–Trinajstić information content (AvgIpc) is 3.16. The van der Waals surface area contributed by atoms with Crippen molar-refractivity contribution in [3.63, 3.8) is 0 Å². The SMILES string of the molecule is Cc1cc(-c2noc(-c3sc(C)c4c3C[C@@H]3[C@H]4C3(C)C)n2)cc(C)c1OCC(C)O. The molecule has 0 amide bonds. The Morgan fingerprint density at radius 1 is 1.27 bits per heavy atom. The quantitative estimate of drug-likeness (QED) is 0.590. The number of thiophene rings is 1. The number of nitrogens with zero attached hydrogens (tertiary/aromatic N) is 2. The molecule has 1 saturated carbocycles. The highest BCUT2D eigenvalue weighted by atomic mass is 32.1. The predicted octanol–water partition coefficient (Wildman–Crippen LogP) is 5.45. The molecule has 158 valence electrons. The van der Waals surface area contributed by atoms with Gasteiger partial charge in [-0.1, -0.05) is 19.0 Å². The molecular weight excluding hydrogens is 396 g/mol. The van der Waals surface area contributed by atoms with Gasteiger partial charge < -0.3 is 14.4 Å². The zero-order valence-corrected chi connectivity index (χ0v) is 19.2. The first-order valence-electron chi connectivity index (χ1n) is 10.6. The highest BCUT2D eigenvalue weighted by Crippen LogP contribution is 2.72. The molecule has 0 radical (unpaired) electrons. The summed E-state index contributed by atoms with van der Waals surface area (Å²) in [5.41, 5.74) is 6.30. The predicted molar refractivity (Wildman–Crippen MR) is 118 cm³/mol. The van der Waals surface area contributed by atoms with Crippen LogP contribution in [0.15, 0.2) is 16.7 Å². The number of aliphatic hydroxyl groups is 1. The summed E-state index contributed by atoms with van der Waals surface area (Å²) in [6.45, 7) is 13.0. The van der Waals surface area contributed by atoms with Crippen LogP contribution in [0.1, 0.15) is 53.8 Å². The molecule has 2 aliphatic carbocycles. The molecule has 30 heavy (non-hydrogen) atoms. The second kappa shape index (κ2) is 6.66. The van der Waals surface area contributed by atoms with E-state index >= 15 is 0 Å². The van der Waals surface area contributed by atoms with Crippen LogP contribution in [-0.2, 0) is 6.42 Å². The van der Waals surface area contributed by atoms with Crippen LogP contribution in [0.3, 0.4) is 0 Å². The van der Waals surface area contributed by atoms with Gasteiger partial charge in [0, 0.05) is 10.4 Å². The van der Waals surface area contributed by atoms with Gasteiger partial charge in [0.1, 0.15) is 12.4 Å². The number of ether oxygens (including phenoxy) is 1. The molecule has 2 aliphatic rings. The maximum Gasteiger partial charge on any atom is 0.268 e. The number of hydrogen-bond acceptors (Lipinski definition) is 6. The second-order valence-corrected chi connectivity index (χ2v) is 10.7. The first-order valence-corrected chi connectivity index (χ1v) is 11.4. The smallest absolute Gasteiger partial charge is 0.268 e. The van der Waals surface area contributed by atoms with Gasteiger partial charge in [-0.3, -0.25) is 0 Å². The van der Waals surface area contributed by atoms with Crippen LogP contribution in [0.5, 0.6) is 5.75 Å². The van der Waals surface area contributed by atoms with Crippen molar-refractivity contribution in [3.05, 3.63) is 39.3 Å². The van der Waals surface area contributed by atoms with Crippen molar-refractivity contribution in [2.75, 3.05) is 6.61 Å². The highest BCUT2D eigenvalue weighted by Gasteiger charge is 2.63. The van der Waals surface area contributed by atoms with Crippen LogP contribution in [-0.4, -0.2) is 28.0 Å². The summed E-state index contributed by atoms with van der Waals surface area (Å²) in [5.74, 6) is 3.48. The maximum atomic E-state index is 9.50. The molecule has 3 aromatic rings. The minimum absolute atomic E-state index is 0.273. The Hall–Kier alpha value is -2.18. The summed E-state index contributed by atoms with van der Waals surface area (Å²) in [6, 6.07) is 4.03. The Morgan fingerprint density at radius 2 is 1.97 bits per heavy atom. The van der Waals surface area contributed by atoms with E-state index in [2.05, 4.69) is 25.9 Å². The van der Waals surface area contributed by atoms with Gasteiger partial charge >= 0.3 is 0 Å². The fourth-order valence-electron chi connectivity index (χ4n) is 5.25. The minimum Gasteiger partial charge on any atom is -0.490 e. The van der Waals surface area contributed by atoms with Gasteiger partial charge in [0.25, 0.3) is 5.89 Å². The van der Waals surface area contributed by atoms with Crippen LogP contribution < -0.4 is 4.74 Å². The van der Waals surface area contributed by atoms with E-state index < -0.39 is 6.10 Å². The van der Waals surface area contributed by atoms with Gasteiger partial charge in [-0.15, -0.1) is 11.3 Å². The Balaban J connectivity index is 1.45. The van der Waals surface area contributed by atoms with Crippen molar-refractivity contribution in [3.8, 4) is 27.9 Å². The molecular formula is C24H28N2O3S. The molecule has 5 rings (SSSR count). The van der Waals surface area contributed by atoms with E-state index in [1.54, 1.807) is 18.3 Å². The van der Waals surface area contributed by atoms with Crippen molar-refractivity contribution in [2.24, 2.45) is 11.3 Å². The Labute approximate surface area is 181 Å². The van der Waals surface area contributed by atoms with Gasteiger partial charge in [0.15, 0.2) is 0 Å². The van der Waals surface area contributed by atoms with E-state index in [0.717, 1.165) is 39.7 Å². The average molecular weight is 425 g/mol. The molecule has 5 nitrogen and oxygen atoms in total. The molecule has 1 aromatic carbocycles. The summed E-state index contributed by atoms with van der Waals surface area (Å²) >= 11 is 1.79. The van der Waals surface area contributed by atoms with Crippen LogP contribution in [0, 0.1) is 32.1 Å². The lowest BCUT2D eigenvalue weighted by Crippen LogP contribution is -2.14. The van der Waals surface area contributed by atoms with Gasteiger partial charge in [0.2, 0.25) is 5.82 Å². The minimum atomic E-state index is -0.504. The van der Waals surface area contributed by atoms with Crippen molar-refractivity contribution in [1.82, 2.24) is 10.1 Å². The fraction of sp³-hybridized carbons (Fsp3) is 0.500. The molecule has 2 heterocycles. The molecule has 1 fully saturated rings. The van der Waals surface area contributed by atoms with Crippen LogP contribution in [0.25, 0.3) is 22.2 Å². The topological polar surface area (TPSA) is 68.4 Å². The lowest BCUT2D eigenvalue weighted by atomic mass is 9.95. The maximum absolute atomic E-state index is 9.50. The number of fused-ring (bicyclic) bond motifs is 3. The van der Waals surface area contributed by atoms with Gasteiger partial charge in [-0.25, -0.2) is 0 Å². The molecule has 0 aliphatic heterocycles. The van der Waals surface area contributed by atoms with E-state index in [1.807, 2.05) is 26.0 Å². The number of hydrogen-bond donors (Lipinski definition) is 1. The molecule has 3 atom stereocenters. The first-order chi connectivity index (χ1) is 14.2. The number of aromatic nitrogens is 2. The first kappa shape index (κ1) is 19.8. The van der Waals surface area contributed by atoms with Crippen LogP contribution in [0.2, 0.25) is 0 Å². The number of aliphatic hydroxyl groups excluding tert-OH is 1. The van der Waals surface area contributed by atoms with E-state index in [0.29, 0.717) is 23.0 Å². The molecule has 0 saturated heterocycles. The second-order valence-electron chi connectivity index (χ2n) is 9.51. The normalized spacial score (nSPS) is 22.0. The van der Waals surface area contributed by atoms with E-state index in [1.165, 1.54) is 16.0 Å². The summed E-state index contributed by atoms with van der Waals surface area (Å²) < 4.78 is 11.5. The van der Waals surface area contributed by atoms with Crippen molar-refractivity contribution < 1.29 is 14.4 Å². The fourth-order valence-corrected chi connectivity index (χ4v) is 6.40. The number of rotatable bonds is 5. The summed E-state index contributed by atoms with van der Waals surface area (Å²) in [7, 11) is 0. The third-order valence-electron chi connectivity index (χ3n) is 6.83. The van der Waals surface area contributed by atoms with Crippen LogP contribution in [0.4, 0.5) is 0 Å². The highest BCUT2D eigenvalue weighted by molar-refractivity contribution is 7.15. The summed E-state index contributed by atoms with van der Waals surface area (Å²) in [5, 5.41) is 13.8. The molecule has 0 bridgehead atoms. The van der Waals surface area contributed by atoms with E-state index in [-0.39, 0.29) is 6.61 Å². The largest absolute Gasteiger partial charge is 0.490 e. The lowest BCUT2D eigenvalue weighted by molar-refractivity contribution is 0.122. The molecule has 2 aromatic heterocycles. The third-order valence-corrected chi connectivity index (χ3v) is 7.98. The lowest BCUT2D eigenvalue weighted by Gasteiger charge is -2.14. The zero-order chi connectivity index (χ0) is 21.4. The standard InChI is InChI=1S/C24H28N2O3S/c1-11-7-15(8-12(2)20(11)28-10-13(3)27)22-25-23(29-26-22)21-16-9-17-19(24(17,5)6)18(16)14(4)30-21/h7-8,13,17,19,27H,9-10H2,1-6H3/t13?,17-,19-/m1/s1. The van der Waals surface area contributed by atoms with Gasteiger partial charge in [-0.2, -0.15) is 4.98 Å². The monoisotopic (exact) mass is 424 g/mol. The summed E-state index contributed by atoms with van der Waals surface area (Å²) in [4.78, 5) is 7.30. The van der Waals surface area contributed by atoms with Crippen molar-refractivity contribution in [2.45, 2.75) is 60.0 Å². The van der Waals surface area contributed by atoms with Gasteiger partial charge in [-0.05, 0) is 85.8 Å². The van der Waals surface area contributed by atoms with Crippen LogP contribution >= 0.6 is 11.3 Å². The summed E-state index contributed by atoms with van der Waals surface area (Å²) in [6.07, 6.45) is 0.619. The molecule has 6 heteroatoms. The number of aryl methyl sites for hydroxylation is 3. The van der Waals surface area contributed by atoms with Crippen molar-refractivity contribution >= 4 is 11.3 Å². The molecule has 1 unspecified atom stereocenters. The Kier molecular flexibility index (Phi) is 4.39. The van der Waals surface area contributed by atoms with E-state index in [9.17, 15) is 5.11 Å². The Morgan fingerprint density at radius 3 is 2.63 bits per heavy atom.